The van der Waals surface area contributed by atoms with Gasteiger partial charge in [0, 0.05) is 19.3 Å². The predicted molar refractivity (Wildman–Crippen MR) is 65.0 cm³/mol. The Morgan fingerprint density at radius 3 is 2.44 bits per heavy atom. The van der Waals surface area contributed by atoms with Crippen LogP contribution in [0.1, 0.15) is 31.1 Å². The lowest BCUT2D eigenvalue weighted by Gasteiger charge is -2.27. The van der Waals surface area contributed by atoms with Crippen LogP contribution in [0.3, 0.4) is 0 Å². The standard InChI is InChI=1S/C12H19N3O/c1-8(2)9(3)15(4)12(16)10-5-6-11(13)14-7-10/h5-9H,1-4H3,(H2,13,14). The molecule has 88 valence electrons. The fourth-order valence-electron chi connectivity index (χ4n) is 1.37. The molecule has 0 spiro atoms. The number of hydrogen-bond acceptors (Lipinski definition) is 3. The number of rotatable bonds is 3. The summed E-state index contributed by atoms with van der Waals surface area (Å²) < 4.78 is 0. The fraction of sp³-hybridized carbons (Fsp3) is 0.500. The number of pyridine rings is 1. The van der Waals surface area contributed by atoms with Gasteiger partial charge in [-0.25, -0.2) is 4.98 Å². The van der Waals surface area contributed by atoms with E-state index in [1.807, 2.05) is 14.0 Å². The van der Waals surface area contributed by atoms with E-state index >= 15 is 0 Å². The van der Waals surface area contributed by atoms with Crippen molar-refractivity contribution in [1.29, 1.82) is 0 Å². The molecule has 0 fully saturated rings. The van der Waals surface area contributed by atoms with E-state index in [0.717, 1.165) is 0 Å². The molecule has 4 nitrogen and oxygen atoms in total. The molecule has 0 aromatic carbocycles. The molecule has 1 amide bonds. The van der Waals surface area contributed by atoms with Gasteiger partial charge in [0.25, 0.3) is 5.91 Å². The molecule has 0 aliphatic carbocycles. The van der Waals surface area contributed by atoms with Gasteiger partial charge in [-0.2, -0.15) is 0 Å². The number of hydrogen-bond donors (Lipinski definition) is 1. The van der Waals surface area contributed by atoms with E-state index in [1.54, 1.807) is 17.0 Å². The van der Waals surface area contributed by atoms with E-state index in [-0.39, 0.29) is 11.9 Å². The first-order valence-electron chi connectivity index (χ1n) is 5.42. The zero-order valence-electron chi connectivity index (χ0n) is 10.3. The smallest absolute Gasteiger partial charge is 0.255 e. The normalized spacial score (nSPS) is 12.6. The first kappa shape index (κ1) is 12.5. The number of anilines is 1. The van der Waals surface area contributed by atoms with E-state index in [2.05, 4.69) is 18.8 Å². The summed E-state index contributed by atoms with van der Waals surface area (Å²) in [6, 6.07) is 3.54. The largest absolute Gasteiger partial charge is 0.384 e. The maximum absolute atomic E-state index is 12.0. The highest BCUT2D eigenvalue weighted by Crippen LogP contribution is 2.12. The van der Waals surface area contributed by atoms with Gasteiger partial charge < -0.3 is 10.6 Å². The van der Waals surface area contributed by atoms with Crippen molar-refractivity contribution in [3.63, 3.8) is 0 Å². The highest BCUT2D eigenvalue weighted by atomic mass is 16.2. The summed E-state index contributed by atoms with van der Waals surface area (Å²) in [5.41, 5.74) is 6.05. The molecule has 1 unspecified atom stereocenters. The second kappa shape index (κ2) is 4.96. The van der Waals surface area contributed by atoms with Crippen LogP contribution in [0.4, 0.5) is 5.82 Å². The third-order valence-electron chi connectivity index (χ3n) is 2.93. The van der Waals surface area contributed by atoms with E-state index < -0.39 is 0 Å². The Hall–Kier alpha value is -1.58. The molecule has 16 heavy (non-hydrogen) atoms. The van der Waals surface area contributed by atoms with Crippen molar-refractivity contribution in [2.75, 3.05) is 12.8 Å². The number of carbonyl (C=O) groups is 1. The number of nitrogens with zero attached hydrogens (tertiary/aromatic N) is 2. The lowest BCUT2D eigenvalue weighted by molar-refractivity contribution is 0.0707. The van der Waals surface area contributed by atoms with Crippen molar-refractivity contribution in [2.24, 2.45) is 5.92 Å². The SMILES string of the molecule is CC(C)C(C)N(C)C(=O)c1ccc(N)nc1. The quantitative estimate of drug-likeness (QED) is 0.846. The topological polar surface area (TPSA) is 59.2 Å². The van der Waals surface area contributed by atoms with Crippen LogP contribution < -0.4 is 5.73 Å². The number of carbonyl (C=O) groups excluding carboxylic acids is 1. The predicted octanol–water partition coefficient (Wildman–Crippen LogP) is 1.78. The molecule has 2 N–H and O–H groups in total. The monoisotopic (exact) mass is 221 g/mol. The fourth-order valence-corrected chi connectivity index (χ4v) is 1.37. The lowest BCUT2D eigenvalue weighted by atomic mass is 10.0. The number of amides is 1. The minimum Gasteiger partial charge on any atom is -0.384 e. The Bertz CT molecular complexity index is 359. The molecule has 1 aromatic heterocycles. The molecular weight excluding hydrogens is 202 g/mol. The Balaban J connectivity index is 2.82. The first-order valence-corrected chi connectivity index (χ1v) is 5.42. The summed E-state index contributed by atoms with van der Waals surface area (Å²) in [5.74, 6) is 0.834. The molecule has 1 atom stereocenters. The van der Waals surface area contributed by atoms with Crippen LogP contribution in [-0.2, 0) is 0 Å². The van der Waals surface area contributed by atoms with Crippen LogP contribution in [-0.4, -0.2) is 28.9 Å². The molecule has 0 aliphatic rings. The van der Waals surface area contributed by atoms with Crippen molar-refractivity contribution in [1.82, 2.24) is 9.88 Å². The third kappa shape index (κ3) is 2.72. The van der Waals surface area contributed by atoms with Crippen LogP contribution in [0.2, 0.25) is 0 Å². The van der Waals surface area contributed by atoms with Crippen molar-refractivity contribution >= 4 is 11.7 Å². The zero-order valence-corrected chi connectivity index (χ0v) is 10.3. The van der Waals surface area contributed by atoms with Gasteiger partial charge in [0.2, 0.25) is 0 Å². The maximum atomic E-state index is 12.0. The molecule has 1 rings (SSSR count). The average molecular weight is 221 g/mol. The van der Waals surface area contributed by atoms with Crippen LogP contribution >= 0.6 is 0 Å². The summed E-state index contributed by atoms with van der Waals surface area (Å²) in [7, 11) is 1.81. The minimum atomic E-state index is -0.0197. The van der Waals surface area contributed by atoms with Gasteiger partial charge in [-0.15, -0.1) is 0 Å². The Kier molecular flexibility index (Phi) is 3.88. The Morgan fingerprint density at radius 1 is 1.38 bits per heavy atom. The zero-order chi connectivity index (χ0) is 12.3. The summed E-state index contributed by atoms with van der Waals surface area (Å²) in [4.78, 5) is 17.7. The lowest BCUT2D eigenvalue weighted by Crippen LogP contribution is -2.38. The van der Waals surface area contributed by atoms with E-state index in [4.69, 9.17) is 5.73 Å². The second-order valence-corrected chi connectivity index (χ2v) is 4.37. The van der Waals surface area contributed by atoms with Gasteiger partial charge in [0.15, 0.2) is 0 Å². The molecule has 0 saturated carbocycles. The molecule has 4 heteroatoms. The molecule has 1 aromatic rings. The molecule has 0 saturated heterocycles. The number of nitrogen functional groups attached to an aromatic ring is 1. The first-order chi connectivity index (χ1) is 7.43. The van der Waals surface area contributed by atoms with E-state index in [9.17, 15) is 4.79 Å². The molecule has 1 heterocycles. The van der Waals surface area contributed by atoms with E-state index in [1.165, 1.54) is 6.20 Å². The van der Waals surface area contributed by atoms with Crippen LogP contribution in [0.15, 0.2) is 18.3 Å². The summed E-state index contributed by atoms with van der Waals surface area (Å²) in [6.45, 7) is 6.22. The summed E-state index contributed by atoms with van der Waals surface area (Å²) in [5, 5.41) is 0. The van der Waals surface area contributed by atoms with Crippen molar-refractivity contribution in [3.8, 4) is 0 Å². The van der Waals surface area contributed by atoms with Crippen molar-refractivity contribution in [3.05, 3.63) is 23.9 Å². The number of aromatic nitrogens is 1. The second-order valence-electron chi connectivity index (χ2n) is 4.37. The Morgan fingerprint density at radius 2 is 2.00 bits per heavy atom. The van der Waals surface area contributed by atoms with Gasteiger partial charge in [-0.05, 0) is 25.0 Å². The van der Waals surface area contributed by atoms with Gasteiger partial charge >= 0.3 is 0 Å². The van der Waals surface area contributed by atoms with Gasteiger partial charge in [0.1, 0.15) is 5.82 Å². The highest BCUT2D eigenvalue weighted by Gasteiger charge is 2.19. The molecular formula is C12H19N3O. The molecule has 0 aliphatic heterocycles. The average Bonchev–Trinajstić information content (AvgIpc) is 2.27. The highest BCUT2D eigenvalue weighted by molar-refractivity contribution is 5.94. The van der Waals surface area contributed by atoms with Crippen LogP contribution in [0.5, 0.6) is 0 Å². The molecule has 0 bridgehead atoms. The van der Waals surface area contributed by atoms with Crippen molar-refractivity contribution < 1.29 is 4.79 Å². The van der Waals surface area contributed by atoms with Crippen LogP contribution in [0.25, 0.3) is 0 Å². The van der Waals surface area contributed by atoms with Crippen LogP contribution in [0, 0.1) is 5.92 Å². The Labute approximate surface area is 96.5 Å². The minimum absolute atomic E-state index is 0.0197. The van der Waals surface area contributed by atoms with Gasteiger partial charge in [-0.3, -0.25) is 4.79 Å². The van der Waals surface area contributed by atoms with E-state index in [0.29, 0.717) is 17.3 Å². The third-order valence-corrected chi connectivity index (χ3v) is 2.93. The summed E-state index contributed by atoms with van der Waals surface area (Å²) in [6.07, 6.45) is 1.52. The summed E-state index contributed by atoms with van der Waals surface area (Å²) >= 11 is 0. The number of nitrogens with two attached hydrogens (primary N) is 1. The van der Waals surface area contributed by atoms with Gasteiger partial charge in [0.05, 0.1) is 5.56 Å². The molecule has 0 radical (unpaired) electrons. The van der Waals surface area contributed by atoms with Gasteiger partial charge in [-0.1, -0.05) is 13.8 Å². The van der Waals surface area contributed by atoms with Crippen molar-refractivity contribution in [2.45, 2.75) is 26.8 Å². The maximum Gasteiger partial charge on any atom is 0.255 e.